The fraction of sp³-hybridized carbons (Fsp3) is 0.600. The van der Waals surface area contributed by atoms with Crippen molar-refractivity contribution < 1.29 is 9.66 Å². The molecule has 6 nitrogen and oxygen atoms in total. The maximum atomic E-state index is 11.2. The van der Waals surface area contributed by atoms with Crippen LogP contribution in [0.2, 0.25) is 0 Å². The van der Waals surface area contributed by atoms with Crippen molar-refractivity contribution in [3.05, 3.63) is 33.9 Å². The number of nitro groups is 1. The van der Waals surface area contributed by atoms with E-state index in [0.29, 0.717) is 24.9 Å². The van der Waals surface area contributed by atoms with Gasteiger partial charge in [0.25, 0.3) is 5.69 Å². The minimum absolute atomic E-state index is 0.150. The van der Waals surface area contributed by atoms with Crippen LogP contribution in [0.3, 0.4) is 0 Å². The fourth-order valence-electron chi connectivity index (χ4n) is 2.44. The third-order valence-electron chi connectivity index (χ3n) is 3.66. The Bertz CT molecular complexity index is 489. The maximum Gasteiger partial charge on any atom is 0.292 e. The molecule has 0 amide bonds. The molecule has 0 radical (unpaired) electrons. The zero-order valence-corrected chi connectivity index (χ0v) is 12.7. The highest BCUT2D eigenvalue weighted by Gasteiger charge is 2.29. The van der Waals surface area contributed by atoms with E-state index in [-0.39, 0.29) is 10.6 Å². The number of rotatable bonds is 9. The lowest BCUT2D eigenvalue weighted by molar-refractivity contribution is -0.384. The van der Waals surface area contributed by atoms with Crippen molar-refractivity contribution in [1.29, 1.82) is 0 Å². The average Bonchev–Trinajstić information content (AvgIpc) is 3.29. The van der Waals surface area contributed by atoms with Gasteiger partial charge in [0.15, 0.2) is 0 Å². The SMILES string of the molecule is CCNc1ccc(CN(CCOC)C2CC2)cc1[N+](=O)[O-]. The second-order valence-corrected chi connectivity index (χ2v) is 5.33. The van der Waals surface area contributed by atoms with Crippen molar-refractivity contribution in [2.24, 2.45) is 0 Å². The van der Waals surface area contributed by atoms with Gasteiger partial charge in [-0.15, -0.1) is 0 Å². The highest BCUT2D eigenvalue weighted by atomic mass is 16.6. The molecule has 6 heteroatoms. The summed E-state index contributed by atoms with van der Waals surface area (Å²) in [5.41, 5.74) is 1.71. The topological polar surface area (TPSA) is 67.6 Å². The van der Waals surface area contributed by atoms with E-state index < -0.39 is 0 Å². The van der Waals surface area contributed by atoms with Gasteiger partial charge in [-0.2, -0.15) is 0 Å². The molecule has 0 aliphatic heterocycles. The van der Waals surface area contributed by atoms with Crippen LogP contribution in [0.25, 0.3) is 0 Å². The lowest BCUT2D eigenvalue weighted by Gasteiger charge is -2.21. The van der Waals surface area contributed by atoms with Gasteiger partial charge in [-0.1, -0.05) is 6.07 Å². The molecule has 1 N–H and O–H groups in total. The van der Waals surface area contributed by atoms with Crippen molar-refractivity contribution in [3.8, 4) is 0 Å². The number of hydrogen-bond donors (Lipinski definition) is 1. The standard InChI is InChI=1S/C15H23N3O3/c1-3-16-14-7-4-12(10-15(14)18(19)20)11-17(8-9-21-2)13-5-6-13/h4,7,10,13,16H,3,5-6,8-9,11H2,1-2H3. The fourth-order valence-corrected chi connectivity index (χ4v) is 2.44. The van der Waals surface area contributed by atoms with E-state index in [0.717, 1.165) is 18.7 Å². The number of anilines is 1. The predicted molar refractivity (Wildman–Crippen MR) is 82.6 cm³/mol. The van der Waals surface area contributed by atoms with E-state index in [4.69, 9.17) is 4.74 Å². The van der Waals surface area contributed by atoms with Crippen molar-refractivity contribution in [3.63, 3.8) is 0 Å². The van der Waals surface area contributed by atoms with E-state index in [1.807, 2.05) is 13.0 Å². The highest BCUT2D eigenvalue weighted by molar-refractivity contribution is 5.62. The Balaban J connectivity index is 2.11. The third-order valence-corrected chi connectivity index (χ3v) is 3.66. The molecule has 0 atom stereocenters. The molecule has 1 fully saturated rings. The largest absolute Gasteiger partial charge is 0.383 e. The van der Waals surface area contributed by atoms with Gasteiger partial charge in [0.2, 0.25) is 0 Å². The van der Waals surface area contributed by atoms with Crippen LogP contribution in [0.4, 0.5) is 11.4 Å². The van der Waals surface area contributed by atoms with E-state index in [9.17, 15) is 10.1 Å². The van der Waals surface area contributed by atoms with E-state index in [2.05, 4.69) is 10.2 Å². The van der Waals surface area contributed by atoms with Crippen molar-refractivity contribution in [2.45, 2.75) is 32.4 Å². The minimum Gasteiger partial charge on any atom is -0.383 e. The van der Waals surface area contributed by atoms with Crippen LogP contribution in [-0.4, -0.2) is 42.7 Å². The number of nitrogens with zero attached hydrogens (tertiary/aromatic N) is 2. The molecule has 2 rings (SSSR count). The second-order valence-electron chi connectivity index (χ2n) is 5.33. The molecule has 1 aromatic carbocycles. The van der Waals surface area contributed by atoms with Gasteiger partial charge in [-0.3, -0.25) is 15.0 Å². The summed E-state index contributed by atoms with van der Waals surface area (Å²) in [5.74, 6) is 0. The van der Waals surface area contributed by atoms with Gasteiger partial charge in [-0.05, 0) is 31.4 Å². The Labute approximate surface area is 125 Å². The quantitative estimate of drug-likeness (QED) is 0.560. The molecule has 1 saturated carbocycles. The molecule has 0 saturated heterocycles. The van der Waals surface area contributed by atoms with Gasteiger partial charge in [-0.25, -0.2) is 0 Å². The zero-order valence-electron chi connectivity index (χ0n) is 12.7. The first-order valence-electron chi connectivity index (χ1n) is 7.40. The Hall–Kier alpha value is -1.66. The zero-order chi connectivity index (χ0) is 15.2. The molecule has 116 valence electrons. The molecule has 0 unspecified atom stereocenters. The van der Waals surface area contributed by atoms with Crippen LogP contribution in [0.1, 0.15) is 25.3 Å². The van der Waals surface area contributed by atoms with Crippen molar-refractivity contribution in [1.82, 2.24) is 4.90 Å². The molecule has 21 heavy (non-hydrogen) atoms. The summed E-state index contributed by atoms with van der Waals surface area (Å²) in [7, 11) is 1.70. The van der Waals surface area contributed by atoms with Crippen LogP contribution in [0.5, 0.6) is 0 Å². The first-order valence-corrected chi connectivity index (χ1v) is 7.40. The summed E-state index contributed by atoms with van der Waals surface area (Å²) in [4.78, 5) is 13.2. The van der Waals surface area contributed by atoms with E-state index in [1.54, 1.807) is 19.2 Å². The number of methoxy groups -OCH3 is 1. The lowest BCUT2D eigenvalue weighted by Crippen LogP contribution is -2.29. The first-order chi connectivity index (χ1) is 10.2. The minimum atomic E-state index is -0.321. The van der Waals surface area contributed by atoms with Gasteiger partial charge >= 0.3 is 0 Å². The molecule has 0 spiro atoms. The summed E-state index contributed by atoms with van der Waals surface area (Å²) < 4.78 is 5.14. The van der Waals surface area contributed by atoms with Crippen LogP contribution < -0.4 is 5.32 Å². The molecule has 1 aliphatic rings. The number of ether oxygens (including phenoxy) is 1. The Morgan fingerprint density at radius 1 is 1.48 bits per heavy atom. The number of hydrogen-bond acceptors (Lipinski definition) is 5. The molecular formula is C15H23N3O3. The number of nitrogens with one attached hydrogen (secondary N) is 1. The second kappa shape index (κ2) is 7.38. The summed E-state index contributed by atoms with van der Waals surface area (Å²) >= 11 is 0. The predicted octanol–water partition coefficient (Wildman–Crippen LogP) is 2.64. The third kappa shape index (κ3) is 4.41. The smallest absolute Gasteiger partial charge is 0.292 e. The van der Waals surface area contributed by atoms with Crippen LogP contribution >= 0.6 is 0 Å². The van der Waals surface area contributed by atoms with Crippen molar-refractivity contribution in [2.75, 3.05) is 32.1 Å². The molecule has 1 aliphatic carbocycles. The Morgan fingerprint density at radius 2 is 2.24 bits per heavy atom. The van der Waals surface area contributed by atoms with Crippen LogP contribution in [0, 0.1) is 10.1 Å². The summed E-state index contributed by atoms with van der Waals surface area (Å²) in [6.07, 6.45) is 2.42. The van der Waals surface area contributed by atoms with Gasteiger partial charge in [0.05, 0.1) is 11.5 Å². The van der Waals surface area contributed by atoms with E-state index >= 15 is 0 Å². The molecule has 0 aromatic heterocycles. The maximum absolute atomic E-state index is 11.2. The molecule has 0 bridgehead atoms. The number of nitro benzene ring substituents is 1. The van der Waals surface area contributed by atoms with Crippen LogP contribution in [-0.2, 0) is 11.3 Å². The van der Waals surface area contributed by atoms with E-state index in [1.165, 1.54) is 12.8 Å². The molecule has 1 aromatic rings. The summed E-state index contributed by atoms with van der Waals surface area (Å²) in [5, 5.41) is 14.2. The van der Waals surface area contributed by atoms with Gasteiger partial charge in [0.1, 0.15) is 5.69 Å². The van der Waals surface area contributed by atoms with Gasteiger partial charge in [0, 0.05) is 38.9 Å². The summed E-state index contributed by atoms with van der Waals surface area (Å²) in [6, 6.07) is 6.05. The normalized spacial score (nSPS) is 14.4. The first kappa shape index (κ1) is 15.7. The number of benzene rings is 1. The monoisotopic (exact) mass is 293 g/mol. The van der Waals surface area contributed by atoms with Gasteiger partial charge < -0.3 is 10.1 Å². The summed E-state index contributed by atoms with van der Waals surface area (Å²) in [6.45, 7) is 4.89. The molecule has 0 heterocycles. The Morgan fingerprint density at radius 3 is 2.81 bits per heavy atom. The molecular weight excluding hydrogens is 270 g/mol. The lowest BCUT2D eigenvalue weighted by atomic mass is 10.1. The van der Waals surface area contributed by atoms with Crippen molar-refractivity contribution >= 4 is 11.4 Å². The van der Waals surface area contributed by atoms with Crippen LogP contribution in [0.15, 0.2) is 18.2 Å². The Kier molecular flexibility index (Phi) is 5.52. The average molecular weight is 293 g/mol. The highest BCUT2D eigenvalue weighted by Crippen LogP contribution is 2.30.